The minimum atomic E-state index is -2.97. The zero-order valence-corrected chi connectivity index (χ0v) is 13.0. The average molecular weight is 283 g/mol. The van der Waals surface area contributed by atoms with Crippen LogP contribution in [0.4, 0.5) is 0 Å². The van der Waals surface area contributed by atoms with Crippen LogP contribution in [-0.4, -0.2) is 26.5 Å². The number of aryl methyl sites for hydroxylation is 1. The van der Waals surface area contributed by atoms with E-state index >= 15 is 0 Å². The molecule has 0 aliphatic carbocycles. The molecule has 0 fully saturated rings. The number of hydrogen-bond donors (Lipinski definition) is 1. The second-order valence-corrected chi connectivity index (χ2v) is 7.20. The first kappa shape index (κ1) is 16.2. The van der Waals surface area contributed by atoms with E-state index in [0.29, 0.717) is 0 Å². The molecule has 1 N–H and O–H groups in total. The normalized spacial score (nSPS) is 13.4. The van der Waals surface area contributed by atoms with Crippen LogP contribution in [0.3, 0.4) is 0 Å². The third-order valence-electron chi connectivity index (χ3n) is 3.23. The zero-order valence-electron chi connectivity index (χ0n) is 12.1. The molecule has 0 heterocycles. The molecule has 0 spiro atoms. The summed E-state index contributed by atoms with van der Waals surface area (Å²) in [6.07, 6.45) is 2.19. The quantitative estimate of drug-likeness (QED) is 0.798. The van der Waals surface area contributed by atoms with Gasteiger partial charge >= 0.3 is 0 Å². The SMILES string of the molecule is CCCc1ccc(C(CS(=O)(=O)CC)NCC)cc1. The van der Waals surface area contributed by atoms with Crippen molar-refractivity contribution in [2.24, 2.45) is 0 Å². The van der Waals surface area contributed by atoms with E-state index in [0.717, 1.165) is 24.9 Å². The van der Waals surface area contributed by atoms with Crippen molar-refractivity contribution < 1.29 is 8.42 Å². The maximum absolute atomic E-state index is 11.8. The predicted molar refractivity (Wildman–Crippen MR) is 81.2 cm³/mol. The summed E-state index contributed by atoms with van der Waals surface area (Å²) >= 11 is 0. The molecule has 0 aliphatic rings. The lowest BCUT2D eigenvalue weighted by Gasteiger charge is -2.18. The van der Waals surface area contributed by atoms with Gasteiger partial charge in [-0.3, -0.25) is 0 Å². The first-order chi connectivity index (χ1) is 9.02. The van der Waals surface area contributed by atoms with E-state index in [9.17, 15) is 8.42 Å². The standard InChI is InChI=1S/C15H25NO2S/c1-4-7-13-8-10-14(11-9-13)15(16-5-2)12-19(17,18)6-3/h8-11,15-16H,4-7,12H2,1-3H3. The molecular weight excluding hydrogens is 258 g/mol. The molecule has 0 aliphatic heterocycles. The molecule has 1 unspecified atom stereocenters. The van der Waals surface area contributed by atoms with Crippen LogP contribution in [-0.2, 0) is 16.3 Å². The highest BCUT2D eigenvalue weighted by Gasteiger charge is 2.18. The highest BCUT2D eigenvalue weighted by molar-refractivity contribution is 7.91. The van der Waals surface area contributed by atoms with Crippen LogP contribution < -0.4 is 5.32 Å². The second-order valence-electron chi connectivity index (χ2n) is 4.80. The van der Waals surface area contributed by atoms with E-state index in [1.165, 1.54) is 5.56 Å². The highest BCUT2D eigenvalue weighted by atomic mass is 32.2. The van der Waals surface area contributed by atoms with Crippen molar-refractivity contribution in [1.82, 2.24) is 5.32 Å². The summed E-state index contributed by atoms with van der Waals surface area (Å²) in [6, 6.07) is 8.18. The molecule has 19 heavy (non-hydrogen) atoms. The van der Waals surface area contributed by atoms with Gasteiger partial charge in [0.25, 0.3) is 0 Å². The molecule has 1 atom stereocenters. The Morgan fingerprint density at radius 3 is 2.21 bits per heavy atom. The largest absolute Gasteiger partial charge is 0.309 e. The monoisotopic (exact) mass is 283 g/mol. The summed E-state index contributed by atoms with van der Waals surface area (Å²) in [5.41, 5.74) is 2.36. The molecule has 0 saturated carbocycles. The molecule has 4 heteroatoms. The van der Waals surface area contributed by atoms with E-state index in [-0.39, 0.29) is 17.5 Å². The van der Waals surface area contributed by atoms with E-state index in [1.807, 2.05) is 19.1 Å². The molecule has 1 rings (SSSR count). The smallest absolute Gasteiger partial charge is 0.151 e. The summed E-state index contributed by atoms with van der Waals surface area (Å²) in [5.74, 6) is 0.368. The fourth-order valence-corrected chi connectivity index (χ4v) is 3.15. The van der Waals surface area contributed by atoms with E-state index in [4.69, 9.17) is 0 Å². The summed E-state index contributed by atoms with van der Waals surface area (Å²) in [7, 11) is -2.97. The fraction of sp³-hybridized carbons (Fsp3) is 0.600. The second kappa shape index (κ2) is 7.65. The van der Waals surface area contributed by atoms with Gasteiger partial charge in [-0.05, 0) is 24.1 Å². The first-order valence-electron chi connectivity index (χ1n) is 7.05. The topological polar surface area (TPSA) is 46.2 Å². The highest BCUT2D eigenvalue weighted by Crippen LogP contribution is 2.17. The Balaban J connectivity index is 2.86. The lowest BCUT2D eigenvalue weighted by Crippen LogP contribution is -2.28. The van der Waals surface area contributed by atoms with Crippen LogP contribution in [0, 0.1) is 0 Å². The Bertz CT molecular complexity index is 465. The predicted octanol–water partition coefficient (Wildman–Crippen LogP) is 2.72. The Morgan fingerprint density at radius 1 is 1.11 bits per heavy atom. The maximum atomic E-state index is 11.8. The fourth-order valence-electron chi connectivity index (χ4n) is 2.10. The van der Waals surface area contributed by atoms with Crippen molar-refractivity contribution in [3.05, 3.63) is 35.4 Å². The van der Waals surface area contributed by atoms with Crippen LogP contribution in [0.15, 0.2) is 24.3 Å². The van der Waals surface area contributed by atoms with Gasteiger partial charge in [0.05, 0.1) is 5.75 Å². The number of rotatable bonds is 8. The van der Waals surface area contributed by atoms with Gasteiger partial charge in [-0.25, -0.2) is 8.42 Å². The van der Waals surface area contributed by atoms with Crippen molar-refractivity contribution in [1.29, 1.82) is 0 Å². The van der Waals surface area contributed by atoms with Gasteiger partial charge in [0.1, 0.15) is 0 Å². The number of sulfone groups is 1. The minimum Gasteiger partial charge on any atom is -0.309 e. The van der Waals surface area contributed by atoms with Gasteiger partial charge in [-0.1, -0.05) is 51.5 Å². The maximum Gasteiger partial charge on any atom is 0.151 e. The molecule has 0 amide bonds. The van der Waals surface area contributed by atoms with Gasteiger partial charge in [-0.15, -0.1) is 0 Å². The van der Waals surface area contributed by atoms with Crippen molar-refractivity contribution in [2.45, 2.75) is 39.7 Å². The summed E-state index contributed by atoms with van der Waals surface area (Å²) in [6.45, 7) is 6.61. The van der Waals surface area contributed by atoms with Crippen LogP contribution in [0.1, 0.15) is 44.4 Å². The third-order valence-corrected chi connectivity index (χ3v) is 4.95. The van der Waals surface area contributed by atoms with Crippen LogP contribution in [0.5, 0.6) is 0 Å². The van der Waals surface area contributed by atoms with Gasteiger partial charge in [0, 0.05) is 11.8 Å². The lowest BCUT2D eigenvalue weighted by molar-refractivity contribution is 0.560. The first-order valence-corrected chi connectivity index (χ1v) is 8.87. The van der Waals surface area contributed by atoms with Gasteiger partial charge in [0.2, 0.25) is 0 Å². The average Bonchev–Trinajstić information content (AvgIpc) is 2.39. The van der Waals surface area contributed by atoms with Crippen molar-refractivity contribution in [3.8, 4) is 0 Å². The molecule has 3 nitrogen and oxygen atoms in total. The molecular formula is C15H25NO2S. The molecule has 0 aromatic heterocycles. The van der Waals surface area contributed by atoms with Gasteiger partial charge in [-0.2, -0.15) is 0 Å². The number of hydrogen-bond acceptors (Lipinski definition) is 3. The lowest BCUT2D eigenvalue weighted by atomic mass is 10.0. The van der Waals surface area contributed by atoms with Crippen molar-refractivity contribution >= 4 is 9.84 Å². The summed E-state index contributed by atoms with van der Waals surface area (Å²) in [5, 5.41) is 3.26. The molecule has 0 radical (unpaired) electrons. The minimum absolute atomic E-state index is 0.106. The number of nitrogens with one attached hydrogen (secondary N) is 1. The summed E-state index contributed by atoms with van der Waals surface area (Å²) < 4.78 is 23.6. The van der Waals surface area contributed by atoms with Crippen LogP contribution >= 0.6 is 0 Å². The summed E-state index contributed by atoms with van der Waals surface area (Å²) in [4.78, 5) is 0. The Morgan fingerprint density at radius 2 is 1.74 bits per heavy atom. The van der Waals surface area contributed by atoms with E-state index < -0.39 is 9.84 Å². The Labute approximate surface area is 117 Å². The molecule has 0 saturated heterocycles. The third kappa shape index (κ3) is 5.33. The molecule has 0 bridgehead atoms. The Hall–Kier alpha value is -0.870. The van der Waals surface area contributed by atoms with E-state index in [1.54, 1.807) is 6.92 Å². The van der Waals surface area contributed by atoms with Gasteiger partial charge in [0.15, 0.2) is 9.84 Å². The van der Waals surface area contributed by atoms with Crippen LogP contribution in [0.25, 0.3) is 0 Å². The van der Waals surface area contributed by atoms with Crippen molar-refractivity contribution in [3.63, 3.8) is 0 Å². The number of benzene rings is 1. The zero-order chi connectivity index (χ0) is 14.3. The van der Waals surface area contributed by atoms with Gasteiger partial charge < -0.3 is 5.32 Å². The van der Waals surface area contributed by atoms with Crippen LogP contribution in [0.2, 0.25) is 0 Å². The Kier molecular flexibility index (Phi) is 6.52. The van der Waals surface area contributed by atoms with Crippen molar-refractivity contribution in [2.75, 3.05) is 18.1 Å². The molecule has 1 aromatic carbocycles. The molecule has 1 aromatic rings. The molecule has 108 valence electrons. The van der Waals surface area contributed by atoms with E-state index in [2.05, 4.69) is 24.4 Å².